The second-order valence-electron chi connectivity index (χ2n) is 24.2. The lowest BCUT2D eigenvalue weighted by Crippen LogP contribution is -2.46. The summed E-state index contributed by atoms with van der Waals surface area (Å²) in [5.41, 5.74) is 0. The van der Waals surface area contributed by atoms with Gasteiger partial charge in [-0.15, -0.1) is 0 Å². The molecule has 0 radical (unpaired) electrons. The first-order valence-electron chi connectivity index (χ1n) is 33.9. The summed E-state index contributed by atoms with van der Waals surface area (Å²) in [6.07, 6.45) is 86.4. The van der Waals surface area contributed by atoms with Gasteiger partial charge in [-0.2, -0.15) is 0 Å². The molecule has 0 saturated carbocycles. The number of hydrogen-bond donors (Lipinski definition) is 2. The molecular formula is C71H131N2O6P. The standard InChI is InChI=1S/C71H131N2O6P/c1-6-8-10-12-14-16-18-20-22-24-26-28-30-32-34-35-36-37-39-41-43-45-47-49-51-53-55-57-59-61-63-65-71(75)72-69(68-79-80(76,77)78-67-66-73(3,4)5)70(74)64-62-60-58-56-54-52-50-48-46-44-42-40-38-33-31-29-27-25-23-21-19-17-15-13-11-9-7-2/h8,10,14,16,20,22,26,28,32,34,36-37,41,43,69-70,74H,6-7,9,11-13,15,17-19,21,23-25,27,29-31,33,35,38-40,42,44-68H2,1-5H3,(H-,72,75,76,77)/b10-8-,16-14-,22-20-,28-26-,34-32-,37-36-,43-41-. The zero-order valence-electron chi connectivity index (χ0n) is 53.3. The second kappa shape index (κ2) is 61.2. The van der Waals surface area contributed by atoms with Crippen molar-refractivity contribution in [3.8, 4) is 0 Å². The number of unbranched alkanes of at least 4 members (excludes halogenated alkanes) is 35. The van der Waals surface area contributed by atoms with Crippen LogP contribution >= 0.6 is 7.82 Å². The minimum atomic E-state index is -4.59. The molecule has 8 nitrogen and oxygen atoms in total. The summed E-state index contributed by atoms with van der Waals surface area (Å²) in [4.78, 5) is 25.7. The first kappa shape index (κ1) is 77.7. The lowest BCUT2D eigenvalue weighted by atomic mass is 10.0. The first-order chi connectivity index (χ1) is 39.0. The molecule has 2 N–H and O–H groups in total. The van der Waals surface area contributed by atoms with Crippen LogP contribution in [0.4, 0.5) is 0 Å². The van der Waals surface area contributed by atoms with Crippen molar-refractivity contribution in [2.45, 2.75) is 321 Å². The maximum absolute atomic E-state index is 13.1. The first-order valence-corrected chi connectivity index (χ1v) is 35.4. The molecule has 0 aromatic rings. The summed E-state index contributed by atoms with van der Waals surface area (Å²) in [5.74, 6) is -0.170. The van der Waals surface area contributed by atoms with Gasteiger partial charge in [-0.25, -0.2) is 0 Å². The van der Waals surface area contributed by atoms with E-state index in [2.05, 4.69) is 104 Å². The van der Waals surface area contributed by atoms with Crippen LogP contribution in [0.5, 0.6) is 0 Å². The van der Waals surface area contributed by atoms with E-state index < -0.39 is 20.0 Å². The fourth-order valence-corrected chi connectivity index (χ4v) is 10.6. The summed E-state index contributed by atoms with van der Waals surface area (Å²) >= 11 is 0. The number of allylic oxidation sites excluding steroid dienone is 14. The predicted molar refractivity (Wildman–Crippen MR) is 348 cm³/mol. The van der Waals surface area contributed by atoms with E-state index in [-0.39, 0.29) is 19.1 Å². The van der Waals surface area contributed by atoms with E-state index in [0.29, 0.717) is 23.9 Å². The predicted octanol–water partition coefficient (Wildman–Crippen LogP) is 20.9. The second-order valence-corrected chi connectivity index (χ2v) is 25.6. The Morgan fingerprint density at radius 1 is 0.450 bits per heavy atom. The smallest absolute Gasteiger partial charge is 0.268 e. The number of quaternary nitrogens is 1. The number of hydrogen-bond acceptors (Lipinski definition) is 6. The summed E-state index contributed by atoms with van der Waals surface area (Å²) in [6, 6.07) is -0.811. The Hall–Kier alpha value is -2.32. The number of aliphatic hydroxyl groups excluding tert-OH is 1. The topological polar surface area (TPSA) is 108 Å². The van der Waals surface area contributed by atoms with Gasteiger partial charge in [-0.1, -0.05) is 317 Å². The highest BCUT2D eigenvalue weighted by Crippen LogP contribution is 2.38. The fourth-order valence-electron chi connectivity index (χ4n) is 9.91. The van der Waals surface area contributed by atoms with E-state index in [1.54, 1.807) is 0 Å². The van der Waals surface area contributed by atoms with Crippen molar-refractivity contribution in [3.63, 3.8) is 0 Å². The van der Waals surface area contributed by atoms with Crippen LogP contribution in [-0.2, 0) is 18.4 Å². The van der Waals surface area contributed by atoms with Crippen LogP contribution in [0, 0.1) is 0 Å². The maximum Gasteiger partial charge on any atom is 0.268 e. The third-order valence-electron chi connectivity index (χ3n) is 15.1. The maximum atomic E-state index is 13.1. The number of phosphoric ester groups is 1. The van der Waals surface area contributed by atoms with Gasteiger partial charge in [-0.05, 0) is 70.6 Å². The lowest BCUT2D eigenvalue weighted by molar-refractivity contribution is -0.870. The SMILES string of the molecule is CC/C=C\C/C=C\C/C=C\C/C=C\C/C=C\C/C=C\C/C=C\CCCCCCCCCCCC(=O)NC(COP(=O)([O-])OCC[N+](C)(C)C)C(O)CCCCCCCCCCCCCCCCCCCCCCCCCCCCC. The van der Waals surface area contributed by atoms with Crippen LogP contribution in [-0.4, -0.2) is 68.5 Å². The van der Waals surface area contributed by atoms with Crippen LogP contribution in [0.15, 0.2) is 85.1 Å². The van der Waals surface area contributed by atoms with Crippen molar-refractivity contribution in [1.82, 2.24) is 5.32 Å². The highest BCUT2D eigenvalue weighted by atomic mass is 31.2. The Balaban J connectivity index is 4.11. The summed E-state index contributed by atoms with van der Waals surface area (Å²) < 4.78 is 23.5. The van der Waals surface area contributed by atoms with Crippen LogP contribution in [0.25, 0.3) is 0 Å². The molecule has 0 aliphatic rings. The Morgan fingerprint density at radius 2 is 0.762 bits per heavy atom. The van der Waals surface area contributed by atoms with Gasteiger partial charge in [-0.3, -0.25) is 9.36 Å². The molecule has 80 heavy (non-hydrogen) atoms. The van der Waals surface area contributed by atoms with Crippen molar-refractivity contribution >= 4 is 13.7 Å². The van der Waals surface area contributed by atoms with Crippen molar-refractivity contribution in [2.75, 3.05) is 40.9 Å². The van der Waals surface area contributed by atoms with Crippen LogP contribution in [0.3, 0.4) is 0 Å². The third-order valence-corrected chi connectivity index (χ3v) is 16.1. The molecule has 466 valence electrons. The number of phosphoric acid groups is 1. The Labute approximate surface area is 497 Å². The lowest BCUT2D eigenvalue weighted by Gasteiger charge is -2.30. The van der Waals surface area contributed by atoms with E-state index in [1.165, 1.54) is 193 Å². The molecule has 0 bridgehead atoms. The Morgan fingerprint density at radius 3 is 1.11 bits per heavy atom. The van der Waals surface area contributed by atoms with Crippen LogP contribution in [0.2, 0.25) is 0 Å². The van der Waals surface area contributed by atoms with Gasteiger partial charge in [0.05, 0.1) is 39.9 Å². The van der Waals surface area contributed by atoms with Crippen molar-refractivity contribution in [3.05, 3.63) is 85.1 Å². The summed E-state index contributed by atoms with van der Waals surface area (Å²) in [6.45, 7) is 4.63. The van der Waals surface area contributed by atoms with Gasteiger partial charge >= 0.3 is 0 Å². The van der Waals surface area contributed by atoms with Gasteiger partial charge in [0, 0.05) is 6.42 Å². The number of nitrogens with zero attached hydrogens (tertiary/aromatic N) is 1. The molecule has 1 amide bonds. The number of carbonyl (C=O) groups is 1. The van der Waals surface area contributed by atoms with Crippen molar-refractivity contribution in [2.24, 2.45) is 0 Å². The van der Waals surface area contributed by atoms with E-state index in [1.807, 2.05) is 21.1 Å². The van der Waals surface area contributed by atoms with Gasteiger partial charge in [0.25, 0.3) is 7.82 Å². The fraction of sp³-hybridized carbons (Fsp3) is 0.789. The zero-order chi connectivity index (χ0) is 58.4. The molecule has 3 unspecified atom stereocenters. The number of carbonyl (C=O) groups excluding carboxylic acids is 1. The number of nitrogens with one attached hydrogen (secondary N) is 1. The third kappa shape index (κ3) is 63.3. The molecule has 0 fully saturated rings. The van der Waals surface area contributed by atoms with Crippen molar-refractivity contribution < 1.29 is 32.9 Å². The Bertz CT molecular complexity index is 1580. The van der Waals surface area contributed by atoms with Crippen LogP contribution < -0.4 is 10.2 Å². The zero-order valence-corrected chi connectivity index (χ0v) is 54.2. The largest absolute Gasteiger partial charge is 0.756 e. The number of likely N-dealkylation sites (N-methyl/N-ethyl adjacent to an activating group) is 1. The minimum Gasteiger partial charge on any atom is -0.756 e. The molecule has 9 heteroatoms. The monoisotopic (exact) mass is 1140 g/mol. The van der Waals surface area contributed by atoms with Gasteiger partial charge in [0.1, 0.15) is 13.2 Å². The molecule has 0 aromatic heterocycles. The number of aliphatic hydroxyl groups is 1. The highest BCUT2D eigenvalue weighted by Gasteiger charge is 2.24. The van der Waals surface area contributed by atoms with Gasteiger partial charge in [0.15, 0.2) is 0 Å². The molecule has 0 spiro atoms. The molecule has 0 aliphatic heterocycles. The van der Waals surface area contributed by atoms with E-state index in [9.17, 15) is 19.4 Å². The molecular weight excluding hydrogens is 1010 g/mol. The molecule has 0 aromatic carbocycles. The highest BCUT2D eigenvalue weighted by molar-refractivity contribution is 7.45. The van der Waals surface area contributed by atoms with Gasteiger partial charge < -0.3 is 28.8 Å². The summed E-state index contributed by atoms with van der Waals surface area (Å²) in [5, 5.41) is 14.1. The number of rotatable bonds is 62. The molecule has 0 aliphatic carbocycles. The van der Waals surface area contributed by atoms with Crippen molar-refractivity contribution in [1.29, 1.82) is 0 Å². The van der Waals surface area contributed by atoms with E-state index in [4.69, 9.17) is 9.05 Å². The van der Waals surface area contributed by atoms with E-state index >= 15 is 0 Å². The normalized spacial score (nSPS) is 14.2. The molecule has 0 saturated heterocycles. The quantitative estimate of drug-likeness (QED) is 0.0272. The van der Waals surface area contributed by atoms with Crippen LogP contribution in [0.1, 0.15) is 309 Å². The summed E-state index contributed by atoms with van der Waals surface area (Å²) in [7, 11) is 1.30. The van der Waals surface area contributed by atoms with Gasteiger partial charge in [0.2, 0.25) is 5.91 Å². The average Bonchev–Trinajstić information content (AvgIpc) is 3.42. The van der Waals surface area contributed by atoms with E-state index in [0.717, 1.165) is 89.9 Å². The number of amides is 1. The molecule has 3 atom stereocenters. The molecule has 0 heterocycles. The average molecular weight is 1140 g/mol. The minimum absolute atomic E-state index is 0.00784. The Kier molecular flexibility index (Phi) is 59.5. The molecule has 0 rings (SSSR count).